The van der Waals surface area contributed by atoms with Crippen molar-refractivity contribution in [3.63, 3.8) is 0 Å². The lowest BCUT2D eigenvalue weighted by atomic mass is 10.3. The Hall–Kier alpha value is -1.07. The van der Waals surface area contributed by atoms with Gasteiger partial charge in [-0.2, -0.15) is 5.10 Å². The van der Waals surface area contributed by atoms with Gasteiger partial charge in [0.15, 0.2) is 5.78 Å². The lowest BCUT2D eigenvalue weighted by Crippen LogP contribution is -2.12. The molecule has 1 heterocycles. The predicted octanol–water partition coefficient (Wildman–Crippen LogP) is 4.03. The number of carbonyl (C=O) groups excluding carboxylic acids is 1. The van der Waals surface area contributed by atoms with E-state index in [4.69, 9.17) is 0 Å². The van der Waals surface area contributed by atoms with Crippen LogP contribution in [0, 0.1) is 0 Å². The molecule has 0 aliphatic rings. The summed E-state index contributed by atoms with van der Waals surface area (Å²) >= 11 is 4.97. The number of rotatable bonds is 6. The number of aryl methyl sites for hydroxylation is 1. The zero-order chi connectivity index (χ0) is 13.7. The zero-order valence-corrected chi connectivity index (χ0v) is 13.1. The summed E-state index contributed by atoms with van der Waals surface area (Å²) in [5.41, 5.74) is 0.698. The van der Waals surface area contributed by atoms with Gasteiger partial charge < -0.3 is 0 Å². The summed E-state index contributed by atoms with van der Waals surface area (Å²) < 4.78 is 2.81. The molecule has 0 saturated carbocycles. The molecule has 0 radical (unpaired) electrons. The summed E-state index contributed by atoms with van der Waals surface area (Å²) in [5, 5.41) is 4.18. The summed E-state index contributed by atoms with van der Waals surface area (Å²) in [6, 6.07) is 9.76. The van der Waals surface area contributed by atoms with Crippen LogP contribution < -0.4 is 0 Å². The van der Waals surface area contributed by atoms with Crippen LogP contribution in [0.4, 0.5) is 0 Å². The normalized spacial score (nSPS) is 10.6. The third-order valence-electron chi connectivity index (χ3n) is 2.60. The molecule has 5 heteroatoms. The van der Waals surface area contributed by atoms with Gasteiger partial charge in [0.05, 0.1) is 5.75 Å². The molecule has 3 nitrogen and oxygen atoms in total. The van der Waals surface area contributed by atoms with Gasteiger partial charge in [-0.15, -0.1) is 11.8 Å². The van der Waals surface area contributed by atoms with Crippen LogP contribution in [0.2, 0.25) is 0 Å². The molecule has 0 saturated heterocycles. The molecule has 1 aromatic heterocycles. The molecule has 0 atom stereocenters. The number of carbonyl (C=O) groups is 1. The second-order valence-electron chi connectivity index (χ2n) is 4.11. The molecular formula is C14H15BrN2OS. The number of hydrogen-bond donors (Lipinski definition) is 0. The highest BCUT2D eigenvalue weighted by Gasteiger charge is 2.12. The molecule has 0 amide bonds. The zero-order valence-electron chi connectivity index (χ0n) is 10.7. The van der Waals surface area contributed by atoms with E-state index in [1.807, 2.05) is 24.3 Å². The second-order valence-corrected chi connectivity index (χ2v) is 6.07. The Labute approximate surface area is 125 Å². The van der Waals surface area contributed by atoms with E-state index in [9.17, 15) is 4.79 Å². The molecule has 0 unspecified atom stereocenters. The van der Waals surface area contributed by atoms with Gasteiger partial charge >= 0.3 is 0 Å². The van der Waals surface area contributed by atoms with Crippen LogP contribution in [0.5, 0.6) is 0 Å². The third kappa shape index (κ3) is 3.94. The van der Waals surface area contributed by atoms with E-state index < -0.39 is 0 Å². The largest absolute Gasteiger partial charge is 0.292 e. The van der Waals surface area contributed by atoms with Crippen molar-refractivity contribution in [1.82, 2.24) is 9.78 Å². The van der Waals surface area contributed by atoms with Crippen LogP contribution in [0.1, 0.15) is 23.8 Å². The highest BCUT2D eigenvalue weighted by atomic mass is 79.9. The van der Waals surface area contributed by atoms with Gasteiger partial charge in [-0.05, 0) is 30.7 Å². The summed E-state index contributed by atoms with van der Waals surface area (Å²) in [5.74, 6) is 0.558. The Balaban J connectivity index is 1.99. The van der Waals surface area contributed by atoms with Crippen LogP contribution in [0.15, 0.2) is 45.9 Å². The molecule has 0 N–H and O–H groups in total. The fraction of sp³-hybridized carbons (Fsp3) is 0.286. The fourth-order valence-corrected chi connectivity index (χ4v) is 3.12. The van der Waals surface area contributed by atoms with E-state index in [2.05, 4.69) is 28.0 Å². The first-order valence-corrected chi connectivity index (χ1v) is 7.92. The lowest BCUT2D eigenvalue weighted by molar-refractivity contribution is 0.101. The number of thioether (sulfide) groups is 1. The molecule has 100 valence electrons. The van der Waals surface area contributed by atoms with E-state index in [0.29, 0.717) is 11.4 Å². The minimum Gasteiger partial charge on any atom is -0.292 e. The van der Waals surface area contributed by atoms with E-state index in [-0.39, 0.29) is 5.78 Å². The summed E-state index contributed by atoms with van der Waals surface area (Å²) in [4.78, 5) is 13.3. The fourth-order valence-electron chi connectivity index (χ4n) is 1.74. The van der Waals surface area contributed by atoms with Gasteiger partial charge in [-0.3, -0.25) is 9.48 Å². The van der Waals surface area contributed by atoms with Gasteiger partial charge in [0.2, 0.25) is 0 Å². The van der Waals surface area contributed by atoms with Gasteiger partial charge in [0.1, 0.15) is 5.69 Å². The van der Waals surface area contributed by atoms with E-state index in [1.165, 1.54) is 0 Å². The van der Waals surface area contributed by atoms with Crippen molar-refractivity contribution in [3.05, 3.63) is 46.7 Å². The maximum atomic E-state index is 12.2. The van der Waals surface area contributed by atoms with E-state index >= 15 is 0 Å². The van der Waals surface area contributed by atoms with Crippen LogP contribution in [0.25, 0.3) is 0 Å². The predicted molar refractivity (Wildman–Crippen MR) is 81.7 cm³/mol. The van der Waals surface area contributed by atoms with Crippen molar-refractivity contribution in [2.45, 2.75) is 24.8 Å². The topological polar surface area (TPSA) is 34.9 Å². The Morgan fingerprint density at radius 3 is 3.00 bits per heavy atom. The lowest BCUT2D eigenvalue weighted by Gasteiger charge is -2.05. The summed E-state index contributed by atoms with van der Waals surface area (Å²) in [6.07, 6.45) is 2.66. The van der Waals surface area contributed by atoms with Gasteiger partial charge in [-0.1, -0.05) is 28.9 Å². The molecular weight excluding hydrogens is 324 g/mol. The summed E-state index contributed by atoms with van der Waals surface area (Å²) in [7, 11) is 0. The Bertz CT molecular complexity index is 568. The minimum absolute atomic E-state index is 0.121. The molecule has 0 aliphatic carbocycles. The van der Waals surface area contributed by atoms with Gasteiger partial charge in [-0.25, -0.2) is 0 Å². The molecule has 0 fully saturated rings. The molecule has 19 heavy (non-hydrogen) atoms. The van der Waals surface area contributed by atoms with Crippen molar-refractivity contribution in [2.24, 2.45) is 0 Å². The molecule has 0 bridgehead atoms. The first-order valence-electron chi connectivity index (χ1n) is 6.14. The number of nitrogens with zero attached hydrogens (tertiary/aromatic N) is 2. The average molecular weight is 339 g/mol. The molecule has 2 rings (SSSR count). The number of halogens is 1. The average Bonchev–Trinajstić information content (AvgIpc) is 2.85. The molecule has 1 aromatic carbocycles. The first kappa shape index (κ1) is 14.3. The monoisotopic (exact) mass is 338 g/mol. The van der Waals surface area contributed by atoms with Crippen molar-refractivity contribution in [3.8, 4) is 0 Å². The number of Topliss-reactive ketones (excluding diaryl/α,β-unsaturated/α-hetero) is 1. The number of benzene rings is 1. The highest BCUT2D eigenvalue weighted by molar-refractivity contribution is 9.10. The minimum atomic E-state index is 0.121. The highest BCUT2D eigenvalue weighted by Crippen LogP contribution is 2.22. The number of aromatic nitrogens is 2. The smallest absolute Gasteiger partial charge is 0.191 e. The van der Waals surface area contributed by atoms with Crippen LogP contribution in [-0.2, 0) is 6.54 Å². The van der Waals surface area contributed by atoms with Gasteiger partial charge in [0.25, 0.3) is 0 Å². The van der Waals surface area contributed by atoms with Crippen LogP contribution in [-0.4, -0.2) is 21.3 Å². The quantitative estimate of drug-likeness (QED) is 0.589. The van der Waals surface area contributed by atoms with E-state index in [1.54, 1.807) is 28.7 Å². The van der Waals surface area contributed by atoms with Crippen LogP contribution in [0.3, 0.4) is 0 Å². The number of ketones is 1. The molecule has 0 aliphatic heterocycles. The maximum Gasteiger partial charge on any atom is 0.191 e. The van der Waals surface area contributed by atoms with Crippen molar-refractivity contribution >= 4 is 33.5 Å². The standard InChI is InChI=1S/C14H15BrN2OS/c1-2-8-17-13(6-7-16-17)14(18)10-19-12-5-3-4-11(15)9-12/h3-7,9H,2,8,10H2,1H3. The maximum absolute atomic E-state index is 12.2. The Morgan fingerprint density at radius 2 is 2.26 bits per heavy atom. The first-order chi connectivity index (χ1) is 9.20. The van der Waals surface area contributed by atoms with Crippen molar-refractivity contribution in [1.29, 1.82) is 0 Å². The van der Waals surface area contributed by atoms with Crippen molar-refractivity contribution in [2.75, 3.05) is 5.75 Å². The van der Waals surface area contributed by atoms with E-state index in [0.717, 1.165) is 22.3 Å². The van der Waals surface area contributed by atoms with Crippen LogP contribution >= 0.6 is 27.7 Å². The second kappa shape index (κ2) is 6.91. The number of hydrogen-bond acceptors (Lipinski definition) is 3. The Kier molecular flexibility index (Phi) is 5.22. The van der Waals surface area contributed by atoms with Gasteiger partial charge in [0, 0.05) is 22.1 Å². The molecule has 0 spiro atoms. The third-order valence-corrected chi connectivity index (χ3v) is 4.09. The SMILES string of the molecule is CCCn1nccc1C(=O)CSc1cccc(Br)c1. The summed E-state index contributed by atoms with van der Waals surface area (Å²) in [6.45, 7) is 2.86. The molecule has 2 aromatic rings. The Morgan fingerprint density at radius 1 is 1.42 bits per heavy atom. The van der Waals surface area contributed by atoms with Crippen molar-refractivity contribution < 1.29 is 4.79 Å².